The third-order valence-electron chi connectivity index (χ3n) is 5.40. The molecule has 0 bridgehead atoms. The van der Waals surface area contributed by atoms with E-state index in [1.165, 1.54) is 28.8 Å². The van der Waals surface area contributed by atoms with E-state index in [-0.39, 0.29) is 30.0 Å². The monoisotopic (exact) mass is 452 g/mol. The minimum Gasteiger partial charge on any atom is -0.504 e. The van der Waals surface area contributed by atoms with Gasteiger partial charge in [0.25, 0.3) is 17.7 Å². The normalized spacial score (nSPS) is 15.2. The van der Waals surface area contributed by atoms with Crippen LogP contribution in [0.2, 0.25) is 0 Å². The minimum absolute atomic E-state index is 0.0678. The van der Waals surface area contributed by atoms with Crippen LogP contribution in [0.4, 0.5) is 4.39 Å². The minimum atomic E-state index is -0.753. The highest BCUT2D eigenvalue weighted by atomic mass is 19.1. The maximum Gasteiger partial charge on any atom is 0.275 e. The Labute approximate surface area is 188 Å². The number of hydrogen-bond acceptors (Lipinski definition) is 6. The Kier molecular flexibility index (Phi) is 5.78. The van der Waals surface area contributed by atoms with Crippen molar-refractivity contribution < 1.29 is 23.9 Å². The van der Waals surface area contributed by atoms with Crippen molar-refractivity contribution >= 4 is 17.7 Å². The predicted octanol–water partition coefficient (Wildman–Crippen LogP) is 1.09. The molecule has 3 heterocycles. The molecule has 10 nitrogen and oxygen atoms in total. The molecule has 0 aliphatic carbocycles. The fourth-order valence-electron chi connectivity index (χ4n) is 3.70. The number of nitrogens with one attached hydrogen (secondary N) is 2. The molecule has 0 spiro atoms. The molecule has 0 fully saturated rings. The maximum atomic E-state index is 13.6. The van der Waals surface area contributed by atoms with Gasteiger partial charge in [0, 0.05) is 38.9 Å². The van der Waals surface area contributed by atoms with Gasteiger partial charge in [-0.2, -0.15) is 5.10 Å². The molecule has 33 heavy (non-hydrogen) atoms. The average Bonchev–Trinajstić information content (AvgIpc) is 3.17. The van der Waals surface area contributed by atoms with Crippen molar-refractivity contribution in [2.24, 2.45) is 0 Å². The van der Waals surface area contributed by atoms with Crippen LogP contribution in [0.15, 0.2) is 42.6 Å². The van der Waals surface area contributed by atoms with Gasteiger partial charge >= 0.3 is 0 Å². The second-order valence-electron chi connectivity index (χ2n) is 7.51. The van der Waals surface area contributed by atoms with E-state index in [0.29, 0.717) is 11.3 Å². The fourth-order valence-corrected chi connectivity index (χ4v) is 3.70. The van der Waals surface area contributed by atoms with Crippen molar-refractivity contribution in [1.29, 1.82) is 0 Å². The van der Waals surface area contributed by atoms with Gasteiger partial charge in [0.1, 0.15) is 11.9 Å². The van der Waals surface area contributed by atoms with Gasteiger partial charge < -0.3 is 20.6 Å². The van der Waals surface area contributed by atoms with Crippen LogP contribution in [0.3, 0.4) is 0 Å². The zero-order chi connectivity index (χ0) is 23.7. The van der Waals surface area contributed by atoms with Crippen molar-refractivity contribution in [3.63, 3.8) is 0 Å². The smallest absolute Gasteiger partial charge is 0.275 e. The van der Waals surface area contributed by atoms with Gasteiger partial charge in [-0.25, -0.2) is 9.07 Å². The zero-order valence-electron chi connectivity index (χ0n) is 17.9. The number of carbonyl (C=O) groups is 3. The molecule has 1 unspecified atom stereocenters. The highest BCUT2D eigenvalue weighted by Gasteiger charge is 2.37. The number of benzene rings is 1. The van der Waals surface area contributed by atoms with E-state index >= 15 is 0 Å². The molecular weight excluding hydrogens is 431 g/mol. The molecule has 1 aliphatic heterocycles. The van der Waals surface area contributed by atoms with Crippen LogP contribution in [0.5, 0.6) is 5.75 Å². The number of aromatic nitrogens is 3. The van der Waals surface area contributed by atoms with E-state index in [1.807, 2.05) is 0 Å². The van der Waals surface area contributed by atoms with E-state index in [4.69, 9.17) is 0 Å². The van der Waals surface area contributed by atoms with E-state index in [1.54, 1.807) is 31.4 Å². The number of halogens is 1. The summed E-state index contributed by atoms with van der Waals surface area (Å²) in [6, 6.07) is 8.45. The molecule has 0 saturated heterocycles. The molecule has 0 saturated carbocycles. The summed E-state index contributed by atoms with van der Waals surface area (Å²) in [5.41, 5.74) is 0.609. The van der Waals surface area contributed by atoms with Gasteiger partial charge in [0.05, 0.1) is 5.69 Å². The fraction of sp³-hybridized carbons (Fsp3) is 0.227. The highest BCUT2D eigenvalue weighted by Crippen LogP contribution is 2.32. The van der Waals surface area contributed by atoms with Crippen LogP contribution in [0, 0.1) is 5.82 Å². The summed E-state index contributed by atoms with van der Waals surface area (Å²) in [4.78, 5) is 43.3. The quantitative estimate of drug-likeness (QED) is 0.531. The SMILES string of the molecule is CNC(=O)c1cc(F)ccc1CNC(=O)c1nn2c(c1O)C(=O)N(C)CC2c1ccccn1. The molecule has 0 radical (unpaired) electrons. The lowest BCUT2D eigenvalue weighted by molar-refractivity contribution is 0.0717. The molecule has 3 amide bonds. The number of pyridine rings is 1. The molecular formula is C22H21FN6O4. The number of carbonyl (C=O) groups excluding carboxylic acids is 3. The third kappa shape index (κ3) is 4.00. The van der Waals surface area contributed by atoms with E-state index < -0.39 is 35.3 Å². The van der Waals surface area contributed by atoms with Gasteiger partial charge in [0.15, 0.2) is 17.1 Å². The van der Waals surface area contributed by atoms with Crippen LogP contribution < -0.4 is 10.6 Å². The van der Waals surface area contributed by atoms with Gasteiger partial charge in [-0.1, -0.05) is 12.1 Å². The average molecular weight is 452 g/mol. The van der Waals surface area contributed by atoms with Crippen molar-refractivity contribution in [2.75, 3.05) is 20.6 Å². The topological polar surface area (TPSA) is 129 Å². The largest absolute Gasteiger partial charge is 0.504 e. The Morgan fingerprint density at radius 3 is 2.73 bits per heavy atom. The third-order valence-corrected chi connectivity index (χ3v) is 5.40. The Morgan fingerprint density at radius 2 is 2.03 bits per heavy atom. The first-order valence-corrected chi connectivity index (χ1v) is 10.1. The van der Waals surface area contributed by atoms with Crippen LogP contribution in [-0.2, 0) is 6.54 Å². The highest BCUT2D eigenvalue weighted by molar-refractivity contribution is 6.02. The standard InChI is InChI=1S/C22H21FN6O4/c1-24-20(31)14-9-13(23)7-6-12(14)10-26-21(32)17-19(30)18-22(33)28(2)11-16(29(18)27-17)15-5-3-4-8-25-15/h3-9,16,30H,10-11H2,1-2H3,(H,24,31)(H,26,32). The number of hydrogen-bond donors (Lipinski definition) is 3. The molecule has 11 heteroatoms. The van der Waals surface area contributed by atoms with Crippen molar-refractivity contribution in [1.82, 2.24) is 30.3 Å². The van der Waals surface area contributed by atoms with Crippen LogP contribution in [-0.4, -0.2) is 63.1 Å². The van der Waals surface area contributed by atoms with Gasteiger partial charge in [0.2, 0.25) is 0 Å². The lowest BCUT2D eigenvalue weighted by Crippen LogP contribution is -2.41. The molecule has 1 aliphatic rings. The first-order chi connectivity index (χ1) is 15.8. The summed E-state index contributed by atoms with van der Waals surface area (Å²) in [5.74, 6) is -2.88. The van der Waals surface area contributed by atoms with Gasteiger partial charge in [-0.05, 0) is 29.8 Å². The molecule has 4 rings (SSSR count). The van der Waals surface area contributed by atoms with Crippen LogP contribution in [0.1, 0.15) is 48.6 Å². The summed E-state index contributed by atoms with van der Waals surface area (Å²) in [7, 11) is 3.00. The van der Waals surface area contributed by atoms with E-state index in [2.05, 4.69) is 20.7 Å². The number of aromatic hydroxyl groups is 1. The number of rotatable bonds is 5. The van der Waals surface area contributed by atoms with E-state index in [0.717, 1.165) is 6.07 Å². The second kappa shape index (κ2) is 8.69. The van der Waals surface area contributed by atoms with E-state index in [9.17, 15) is 23.9 Å². The summed E-state index contributed by atoms with van der Waals surface area (Å²) in [5, 5.41) is 19.9. The van der Waals surface area contributed by atoms with Crippen molar-refractivity contribution in [3.8, 4) is 5.75 Å². The Balaban J connectivity index is 1.64. The Morgan fingerprint density at radius 1 is 1.24 bits per heavy atom. The summed E-state index contributed by atoms with van der Waals surface area (Å²) >= 11 is 0. The molecule has 1 atom stereocenters. The van der Waals surface area contributed by atoms with Crippen LogP contribution >= 0.6 is 0 Å². The number of likely N-dealkylation sites (N-methyl/N-ethyl adjacent to an activating group) is 1. The van der Waals surface area contributed by atoms with Crippen molar-refractivity contribution in [3.05, 3.63) is 76.6 Å². The summed E-state index contributed by atoms with van der Waals surface area (Å²) in [6.07, 6.45) is 1.61. The maximum absolute atomic E-state index is 13.6. The van der Waals surface area contributed by atoms with Gasteiger partial charge in [-0.3, -0.25) is 19.4 Å². The Hall–Kier alpha value is -4.28. The predicted molar refractivity (Wildman–Crippen MR) is 114 cm³/mol. The molecule has 170 valence electrons. The van der Waals surface area contributed by atoms with Crippen LogP contribution in [0.25, 0.3) is 0 Å². The first-order valence-electron chi connectivity index (χ1n) is 10.1. The summed E-state index contributed by atoms with van der Waals surface area (Å²) in [6.45, 7) is 0.136. The summed E-state index contributed by atoms with van der Waals surface area (Å²) < 4.78 is 14.9. The number of nitrogens with zero attached hydrogens (tertiary/aromatic N) is 4. The van der Waals surface area contributed by atoms with Crippen molar-refractivity contribution in [2.45, 2.75) is 12.6 Å². The second-order valence-corrected chi connectivity index (χ2v) is 7.51. The molecule has 1 aromatic carbocycles. The first kappa shape index (κ1) is 21.9. The zero-order valence-corrected chi connectivity index (χ0v) is 17.9. The number of fused-ring (bicyclic) bond motifs is 1. The number of amides is 3. The molecule has 2 aromatic heterocycles. The molecule has 3 N–H and O–H groups in total. The molecule has 3 aromatic rings. The van der Waals surface area contributed by atoms with Gasteiger partial charge in [-0.15, -0.1) is 0 Å². The lowest BCUT2D eigenvalue weighted by Gasteiger charge is -2.30. The Bertz CT molecular complexity index is 1240. The lowest BCUT2D eigenvalue weighted by atomic mass is 10.1.